The summed E-state index contributed by atoms with van der Waals surface area (Å²) in [6.07, 6.45) is 6.74. The van der Waals surface area contributed by atoms with Crippen LogP contribution >= 0.6 is 0 Å². The minimum atomic E-state index is 0.442. The molecule has 3 nitrogen and oxygen atoms in total. The van der Waals surface area contributed by atoms with Crippen LogP contribution in [0.4, 0.5) is 0 Å². The van der Waals surface area contributed by atoms with Gasteiger partial charge < -0.3 is 15.1 Å². The molecule has 100 valence electrons. The molecule has 0 aromatic heterocycles. The van der Waals surface area contributed by atoms with Crippen molar-refractivity contribution in [2.24, 2.45) is 0 Å². The number of rotatable bonds is 4. The normalized spacial score (nSPS) is 32.8. The van der Waals surface area contributed by atoms with Crippen molar-refractivity contribution in [2.45, 2.75) is 44.6 Å². The second-order valence-corrected chi connectivity index (χ2v) is 5.99. The fourth-order valence-corrected chi connectivity index (χ4v) is 3.46. The second-order valence-electron chi connectivity index (χ2n) is 5.99. The summed E-state index contributed by atoms with van der Waals surface area (Å²) in [5.41, 5.74) is 0.442. The van der Waals surface area contributed by atoms with Gasteiger partial charge in [-0.1, -0.05) is 13.3 Å². The standard InChI is InChI=1S/C14H29N3/c1-3-6-14(7-4-8-15-14)13-17-10-5-9-16(2)11-12-17/h15H,3-13H2,1-2H3. The predicted octanol–water partition coefficient (Wildman–Crippen LogP) is 1.55. The summed E-state index contributed by atoms with van der Waals surface area (Å²) >= 11 is 0. The molecule has 1 N–H and O–H groups in total. The van der Waals surface area contributed by atoms with Crippen molar-refractivity contribution >= 4 is 0 Å². The third-order valence-corrected chi connectivity index (χ3v) is 4.40. The average molecular weight is 239 g/mol. The Morgan fingerprint density at radius 1 is 1.12 bits per heavy atom. The van der Waals surface area contributed by atoms with Crippen molar-refractivity contribution in [3.63, 3.8) is 0 Å². The van der Waals surface area contributed by atoms with Gasteiger partial charge in [-0.15, -0.1) is 0 Å². The van der Waals surface area contributed by atoms with E-state index in [4.69, 9.17) is 0 Å². The van der Waals surface area contributed by atoms with Crippen LogP contribution in [0.1, 0.15) is 39.0 Å². The maximum Gasteiger partial charge on any atom is 0.0309 e. The van der Waals surface area contributed by atoms with E-state index < -0.39 is 0 Å². The first-order valence-corrected chi connectivity index (χ1v) is 7.40. The molecule has 2 aliphatic heterocycles. The van der Waals surface area contributed by atoms with Gasteiger partial charge in [0, 0.05) is 25.2 Å². The molecular weight excluding hydrogens is 210 g/mol. The Bertz CT molecular complexity index is 224. The number of nitrogens with one attached hydrogen (secondary N) is 1. The van der Waals surface area contributed by atoms with E-state index in [0.717, 1.165) is 0 Å². The third-order valence-electron chi connectivity index (χ3n) is 4.40. The monoisotopic (exact) mass is 239 g/mol. The molecule has 2 rings (SSSR count). The molecule has 2 heterocycles. The van der Waals surface area contributed by atoms with E-state index in [-0.39, 0.29) is 0 Å². The van der Waals surface area contributed by atoms with Gasteiger partial charge in [0.05, 0.1) is 0 Å². The van der Waals surface area contributed by atoms with E-state index in [2.05, 4.69) is 29.1 Å². The minimum absolute atomic E-state index is 0.442. The molecule has 0 radical (unpaired) electrons. The van der Waals surface area contributed by atoms with Crippen molar-refractivity contribution in [1.29, 1.82) is 0 Å². The van der Waals surface area contributed by atoms with Crippen molar-refractivity contribution in [2.75, 3.05) is 46.3 Å². The highest BCUT2D eigenvalue weighted by atomic mass is 15.2. The summed E-state index contributed by atoms with van der Waals surface area (Å²) in [7, 11) is 2.25. The predicted molar refractivity (Wildman–Crippen MR) is 73.4 cm³/mol. The quantitative estimate of drug-likeness (QED) is 0.803. The molecule has 0 bridgehead atoms. The van der Waals surface area contributed by atoms with Crippen molar-refractivity contribution in [1.82, 2.24) is 15.1 Å². The average Bonchev–Trinajstić information content (AvgIpc) is 2.65. The number of nitrogens with zero attached hydrogens (tertiary/aromatic N) is 2. The molecule has 2 fully saturated rings. The zero-order valence-corrected chi connectivity index (χ0v) is 11.7. The van der Waals surface area contributed by atoms with Crippen LogP contribution in [0, 0.1) is 0 Å². The van der Waals surface area contributed by atoms with Crippen molar-refractivity contribution in [3.05, 3.63) is 0 Å². The fraction of sp³-hybridized carbons (Fsp3) is 1.00. The summed E-state index contributed by atoms with van der Waals surface area (Å²) in [6, 6.07) is 0. The Morgan fingerprint density at radius 3 is 2.71 bits per heavy atom. The Balaban J connectivity index is 1.88. The van der Waals surface area contributed by atoms with Crippen LogP contribution in [-0.4, -0.2) is 61.7 Å². The zero-order valence-electron chi connectivity index (χ0n) is 11.7. The zero-order chi connectivity index (χ0) is 12.1. The summed E-state index contributed by atoms with van der Waals surface area (Å²) in [5, 5.41) is 3.79. The molecule has 0 spiro atoms. The highest BCUT2D eigenvalue weighted by Gasteiger charge is 2.34. The van der Waals surface area contributed by atoms with Crippen LogP contribution in [-0.2, 0) is 0 Å². The van der Waals surface area contributed by atoms with Gasteiger partial charge >= 0.3 is 0 Å². The SMILES string of the molecule is CCCC1(CN2CCCN(C)CC2)CCCN1. The topological polar surface area (TPSA) is 18.5 Å². The second kappa shape index (κ2) is 6.17. The van der Waals surface area contributed by atoms with Crippen molar-refractivity contribution in [3.8, 4) is 0 Å². The van der Waals surface area contributed by atoms with E-state index in [1.807, 2.05) is 0 Å². The molecule has 17 heavy (non-hydrogen) atoms. The molecular formula is C14H29N3. The van der Waals surface area contributed by atoms with Gasteiger partial charge in [-0.3, -0.25) is 0 Å². The molecule has 0 saturated carbocycles. The fourth-order valence-electron chi connectivity index (χ4n) is 3.46. The van der Waals surface area contributed by atoms with Crippen LogP contribution in [0.25, 0.3) is 0 Å². The maximum absolute atomic E-state index is 3.79. The third kappa shape index (κ3) is 3.67. The molecule has 0 aliphatic carbocycles. The van der Waals surface area contributed by atoms with Gasteiger partial charge in [0.1, 0.15) is 0 Å². The molecule has 1 unspecified atom stereocenters. The van der Waals surface area contributed by atoms with Gasteiger partial charge in [0.15, 0.2) is 0 Å². The Kier molecular flexibility index (Phi) is 4.83. The summed E-state index contributed by atoms with van der Waals surface area (Å²) in [6.45, 7) is 9.87. The van der Waals surface area contributed by atoms with Gasteiger partial charge in [0.25, 0.3) is 0 Å². The summed E-state index contributed by atoms with van der Waals surface area (Å²) in [4.78, 5) is 5.16. The highest BCUT2D eigenvalue weighted by Crippen LogP contribution is 2.26. The van der Waals surface area contributed by atoms with Crippen LogP contribution < -0.4 is 5.32 Å². The highest BCUT2D eigenvalue weighted by molar-refractivity contribution is 4.95. The summed E-state index contributed by atoms with van der Waals surface area (Å²) in [5.74, 6) is 0. The Morgan fingerprint density at radius 2 is 2.00 bits per heavy atom. The summed E-state index contributed by atoms with van der Waals surface area (Å²) < 4.78 is 0. The molecule has 1 atom stereocenters. The minimum Gasteiger partial charge on any atom is -0.310 e. The van der Waals surface area contributed by atoms with Gasteiger partial charge in [-0.2, -0.15) is 0 Å². The lowest BCUT2D eigenvalue weighted by molar-refractivity contribution is 0.187. The molecule has 0 amide bonds. The van der Waals surface area contributed by atoms with Gasteiger partial charge in [-0.05, 0) is 52.4 Å². The van der Waals surface area contributed by atoms with E-state index in [0.29, 0.717) is 5.54 Å². The molecule has 2 saturated heterocycles. The molecule has 3 heteroatoms. The smallest absolute Gasteiger partial charge is 0.0309 e. The van der Waals surface area contributed by atoms with E-state index in [1.165, 1.54) is 71.4 Å². The van der Waals surface area contributed by atoms with E-state index in [1.54, 1.807) is 0 Å². The molecule has 0 aromatic rings. The van der Waals surface area contributed by atoms with Crippen LogP contribution in [0.15, 0.2) is 0 Å². The lowest BCUT2D eigenvalue weighted by Gasteiger charge is -2.35. The first-order valence-electron chi connectivity index (χ1n) is 7.40. The number of hydrogen-bond acceptors (Lipinski definition) is 3. The first kappa shape index (κ1) is 13.3. The first-order chi connectivity index (χ1) is 8.24. The van der Waals surface area contributed by atoms with Crippen molar-refractivity contribution < 1.29 is 0 Å². The van der Waals surface area contributed by atoms with E-state index >= 15 is 0 Å². The number of likely N-dealkylation sites (N-methyl/N-ethyl adjacent to an activating group) is 1. The Hall–Kier alpha value is -0.120. The van der Waals surface area contributed by atoms with Crippen LogP contribution in [0.3, 0.4) is 0 Å². The lowest BCUT2D eigenvalue weighted by atomic mass is 9.91. The lowest BCUT2D eigenvalue weighted by Crippen LogP contribution is -2.50. The Labute approximate surface area is 107 Å². The largest absolute Gasteiger partial charge is 0.310 e. The van der Waals surface area contributed by atoms with Crippen LogP contribution in [0.5, 0.6) is 0 Å². The number of hydrogen-bond donors (Lipinski definition) is 1. The van der Waals surface area contributed by atoms with E-state index in [9.17, 15) is 0 Å². The molecule has 2 aliphatic rings. The molecule has 0 aromatic carbocycles. The van der Waals surface area contributed by atoms with Gasteiger partial charge in [0.2, 0.25) is 0 Å². The van der Waals surface area contributed by atoms with Crippen LogP contribution in [0.2, 0.25) is 0 Å². The van der Waals surface area contributed by atoms with Gasteiger partial charge in [-0.25, -0.2) is 0 Å². The maximum atomic E-state index is 3.79.